The lowest BCUT2D eigenvalue weighted by atomic mass is 9.88. The number of hydrogen-bond donors (Lipinski definition) is 0. The lowest BCUT2D eigenvalue weighted by Crippen LogP contribution is -1.97. The molecule has 0 saturated carbocycles. The molecule has 1 aliphatic rings. The number of ether oxygens (including phenoxy) is 1. The van der Waals surface area contributed by atoms with Crippen molar-refractivity contribution >= 4 is 42.3 Å². The van der Waals surface area contributed by atoms with Crippen LogP contribution in [-0.2, 0) is 0 Å². The molecule has 1 aromatic heterocycles. The van der Waals surface area contributed by atoms with Gasteiger partial charge in [0.1, 0.15) is 11.5 Å². The monoisotopic (exact) mass is 489 g/mol. The molecule has 0 spiro atoms. The molecule has 7 aromatic rings. The van der Waals surface area contributed by atoms with Gasteiger partial charge in [-0.2, -0.15) is 0 Å². The molecule has 1 aliphatic heterocycles. The van der Waals surface area contributed by atoms with Gasteiger partial charge >= 0.3 is 0 Å². The third-order valence-corrected chi connectivity index (χ3v) is 7.53. The van der Waals surface area contributed by atoms with Crippen LogP contribution in [0.3, 0.4) is 0 Å². The molecule has 0 bridgehead atoms. The Hall–Kier alpha value is -4.40. The zero-order chi connectivity index (χ0) is 35.0. The summed E-state index contributed by atoms with van der Waals surface area (Å²) in [5.74, 6) is -0.741. The number of fused-ring (bicyclic) bond motifs is 5. The van der Waals surface area contributed by atoms with Crippen LogP contribution >= 0.6 is 11.3 Å². The summed E-state index contributed by atoms with van der Waals surface area (Å²) in [6.07, 6.45) is 0. The van der Waals surface area contributed by atoms with Gasteiger partial charge in [0.05, 0.1) is 17.8 Å². The molecular formula is C34H20OS. The summed E-state index contributed by atoms with van der Waals surface area (Å²) < 4.78 is 122. The van der Waals surface area contributed by atoms with Crippen molar-refractivity contribution in [3.8, 4) is 44.9 Å². The van der Waals surface area contributed by atoms with Gasteiger partial charge in [-0.05, 0) is 57.9 Å². The Morgan fingerprint density at radius 3 is 2.31 bits per heavy atom. The predicted molar refractivity (Wildman–Crippen MR) is 153 cm³/mol. The normalized spacial score (nSPS) is 17.2. The maximum Gasteiger partial charge on any atom is 0.135 e. The molecule has 0 amide bonds. The zero-order valence-corrected chi connectivity index (χ0v) is 19.2. The average molecular weight is 490 g/mol. The van der Waals surface area contributed by atoms with Crippen LogP contribution in [-0.4, -0.2) is 0 Å². The maximum atomic E-state index is 9.61. The first-order valence-electron chi connectivity index (χ1n) is 17.6. The van der Waals surface area contributed by atoms with Crippen LogP contribution in [0.2, 0.25) is 0 Å². The molecule has 0 aliphatic carbocycles. The summed E-state index contributed by atoms with van der Waals surface area (Å²) in [5, 5.41) is 1.39. The number of benzene rings is 6. The minimum absolute atomic E-state index is 0.00826. The second-order valence-corrected chi connectivity index (χ2v) is 9.34. The number of hydrogen-bond acceptors (Lipinski definition) is 2. The second-order valence-electron chi connectivity index (χ2n) is 8.29. The van der Waals surface area contributed by atoms with Gasteiger partial charge in [0.25, 0.3) is 0 Å². The van der Waals surface area contributed by atoms with Crippen molar-refractivity contribution in [3.63, 3.8) is 0 Å². The van der Waals surface area contributed by atoms with E-state index in [1.54, 1.807) is 12.1 Å². The molecule has 2 heterocycles. The van der Waals surface area contributed by atoms with Crippen molar-refractivity contribution < 1.29 is 22.6 Å². The molecule has 0 unspecified atom stereocenters. The highest BCUT2D eigenvalue weighted by Crippen LogP contribution is 2.49. The van der Waals surface area contributed by atoms with E-state index in [-0.39, 0.29) is 44.3 Å². The van der Waals surface area contributed by atoms with E-state index in [0.717, 1.165) is 15.5 Å². The van der Waals surface area contributed by atoms with Crippen LogP contribution in [0.25, 0.3) is 64.3 Å². The van der Waals surface area contributed by atoms with E-state index in [4.69, 9.17) is 19.8 Å². The SMILES string of the molecule is [2H]c1c([2H])c([2H])c2c(c1[2H])Oc1c([2H])c([2H])c([2H])c3c([2H])c(-c4c([2H])c([2H])c([2H])c([2H])c4-c4cccc5c4sc4ccccc45)c([2H])c-2c13. The molecular weight excluding hydrogens is 456 g/mol. The quantitative estimate of drug-likeness (QED) is 0.235. The summed E-state index contributed by atoms with van der Waals surface area (Å²) in [4.78, 5) is 0. The second kappa shape index (κ2) is 7.55. The summed E-state index contributed by atoms with van der Waals surface area (Å²) in [6.45, 7) is 0. The minimum atomic E-state index is -0.632. The van der Waals surface area contributed by atoms with Gasteiger partial charge in [-0.15, -0.1) is 11.3 Å². The van der Waals surface area contributed by atoms with E-state index >= 15 is 0 Å². The van der Waals surface area contributed by atoms with Crippen LogP contribution in [0, 0.1) is 0 Å². The predicted octanol–water partition coefficient (Wildman–Crippen LogP) is 10.3. The fourth-order valence-electron chi connectivity index (χ4n) is 4.76. The molecule has 0 saturated heterocycles. The third-order valence-electron chi connectivity index (χ3n) is 6.31. The smallest absolute Gasteiger partial charge is 0.135 e. The van der Waals surface area contributed by atoms with E-state index in [1.165, 1.54) is 11.3 Å². The number of thiophene rings is 1. The molecule has 8 rings (SSSR count). The fourth-order valence-corrected chi connectivity index (χ4v) is 5.98. The highest BCUT2D eigenvalue weighted by Gasteiger charge is 2.21. The Morgan fingerprint density at radius 1 is 0.583 bits per heavy atom. The molecule has 0 radical (unpaired) electrons. The molecule has 0 atom stereocenters. The molecule has 1 nitrogen and oxygen atoms in total. The van der Waals surface area contributed by atoms with E-state index in [0.29, 0.717) is 10.3 Å². The fraction of sp³-hybridized carbons (Fsp3) is 0. The molecule has 2 heteroatoms. The summed E-state index contributed by atoms with van der Waals surface area (Å²) in [6, 6.07) is 5.69. The lowest BCUT2D eigenvalue weighted by Gasteiger charge is -2.22. The van der Waals surface area contributed by atoms with Crippen LogP contribution in [0.5, 0.6) is 11.5 Å². The van der Waals surface area contributed by atoms with Gasteiger partial charge < -0.3 is 4.74 Å². The van der Waals surface area contributed by atoms with E-state index in [1.807, 2.05) is 30.3 Å². The Labute approximate surface area is 231 Å². The average Bonchev–Trinajstić information content (AvgIpc) is 3.48. The Morgan fingerprint density at radius 2 is 1.36 bits per heavy atom. The Bertz CT molecular complexity index is 2680. The first-order chi connectivity index (χ1) is 23.3. The molecule has 36 heavy (non-hydrogen) atoms. The molecule has 6 aromatic carbocycles. The Balaban J connectivity index is 1.62. The maximum absolute atomic E-state index is 9.61. The van der Waals surface area contributed by atoms with Crippen molar-refractivity contribution in [2.24, 2.45) is 0 Å². The van der Waals surface area contributed by atoms with Crippen molar-refractivity contribution in [2.75, 3.05) is 0 Å². The highest BCUT2D eigenvalue weighted by molar-refractivity contribution is 7.26. The molecule has 0 fully saturated rings. The van der Waals surface area contributed by atoms with E-state index in [9.17, 15) is 2.74 Å². The number of rotatable bonds is 2. The van der Waals surface area contributed by atoms with Gasteiger partial charge in [0, 0.05) is 36.7 Å². The zero-order valence-electron chi connectivity index (χ0n) is 31.4. The standard InChI is InChI=1S/C34H20OS/c1-2-11-24(27-14-8-15-28-26-13-4-6-18-32(26)36-34(27)28)23(10-1)22-19-21-9-7-17-31-33(21)29(20-22)25-12-3-5-16-30(25)35-31/h1-20H/i1D,2D,3D,5D,7D,9D,10D,11D,12D,16D,17D,19D,20D. The largest absolute Gasteiger partial charge is 0.456 e. The Kier molecular flexibility index (Phi) is 2.33. The topological polar surface area (TPSA) is 9.23 Å². The third kappa shape index (κ3) is 2.82. The number of para-hydroxylation sites is 1. The van der Waals surface area contributed by atoms with Gasteiger partial charge in [0.15, 0.2) is 0 Å². The van der Waals surface area contributed by atoms with Gasteiger partial charge in [-0.25, -0.2) is 0 Å². The van der Waals surface area contributed by atoms with Crippen LogP contribution in [0.15, 0.2) is 121 Å². The lowest BCUT2D eigenvalue weighted by molar-refractivity contribution is 0.487. The van der Waals surface area contributed by atoms with Crippen LogP contribution in [0.4, 0.5) is 0 Å². The van der Waals surface area contributed by atoms with Crippen LogP contribution < -0.4 is 4.74 Å². The molecule has 0 N–H and O–H groups in total. The van der Waals surface area contributed by atoms with Crippen molar-refractivity contribution in [1.29, 1.82) is 0 Å². The minimum Gasteiger partial charge on any atom is -0.456 e. The summed E-state index contributed by atoms with van der Waals surface area (Å²) >= 11 is 1.42. The first kappa shape index (κ1) is 11.1. The van der Waals surface area contributed by atoms with Gasteiger partial charge in [0.2, 0.25) is 0 Å². The van der Waals surface area contributed by atoms with E-state index in [2.05, 4.69) is 0 Å². The van der Waals surface area contributed by atoms with Crippen molar-refractivity contribution in [3.05, 3.63) is 121 Å². The van der Waals surface area contributed by atoms with Crippen molar-refractivity contribution in [2.45, 2.75) is 0 Å². The van der Waals surface area contributed by atoms with Gasteiger partial charge in [-0.1, -0.05) is 90.8 Å². The first-order valence-corrected chi connectivity index (χ1v) is 12.0. The molecule has 168 valence electrons. The summed E-state index contributed by atoms with van der Waals surface area (Å²) in [7, 11) is 0. The highest BCUT2D eigenvalue weighted by atomic mass is 32.1. The van der Waals surface area contributed by atoms with Gasteiger partial charge in [-0.3, -0.25) is 0 Å². The van der Waals surface area contributed by atoms with Crippen LogP contribution in [0.1, 0.15) is 17.8 Å². The van der Waals surface area contributed by atoms with Crippen molar-refractivity contribution in [1.82, 2.24) is 0 Å². The van der Waals surface area contributed by atoms with E-state index < -0.39 is 84.3 Å². The summed E-state index contributed by atoms with van der Waals surface area (Å²) in [5.41, 5.74) is -0.535.